The number of carboxylic acid groups (broad SMARTS) is 1. The predicted octanol–water partition coefficient (Wildman–Crippen LogP) is 8.81. The highest BCUT2D eigenvalue weighted by atomic mass is 16.5. The molecule has 0 aliphatic heterocycles. The Morgan fingerprint density at radius 2 is 1.60 bits per heavy atom. The van der Waals surface area contributed by atoms with Crippen LogP contribution < -0.4 is 5.32 Å². The van der Waals surface area contributed by atoms with E-state index in [1.807, 2.05) is 12.1 Å². The highest BCUT2D eigenvalue weighted by Gasteiger charge is 2.71. The van der Waals surface area contributed by atoms with Crippen molar-refractivity contribution in [2.45, 2.75) is 106 Å². The average molecular weight is 647 g/mol. The van der Waals surface area contributed by atoms with Crippen LogP contribution in [0.5, 0.6) is 0 Å². The topological polar surface area (TPSA) is 89.5 Å². The number of hydrogen-bond acceptors (Lipinski definition) is 3. The molecular formula is C41H62N2O4. The molecule has 0 bridgehead atoms. The molecule has 6 rings (SSSR count). The lowest BCUT2D eigenvalue weighted by atomic mass is 9.32. The predicted molar refractivity (Wildman–Crippen MR) is 189 cm³/mol. The van der Waals surface area contributed by atoms with Crippen LogP contribution in [0.1, 0.15) is 122 Å². The summed E-state index contributed by atoms with van der Waals surface area (Å²) in [5.74, 6) is 2.60. The molecule has 6 heteroatoms. The third kappa shape index (κ3) is 5.16. The molecular weight excluding hydrogens is 584 g/mol. The number of fused-ring (bicyclic) bond motifs is 7. The van der Waals surface area contributed by atoms with Crippen LogP contribution in [0.3, 0.4) is 0 Å². The van der Waals surface area contributed by atoms with Gasteiger partial charge < -0.3 is 20.3 Å². The van der Waals surface area contributed by atoms with Gasteiger partial charge in [0.1, 0.15) is 0 Å². The van der Waals surface area contributed by atoms with Crippen LogP contribution >= 0.6 is 0 Å². The summed E-state index contributed by atoms with van der Waals surface area (Å²) in [5.41, 5.74) is 3.15. The van der Waals surface area contributed by atoms with Crippen molar-refractivity contribution >= 4 is 17.4 Å². The van der Waals surface area contributed by atoms with E-state index in [9.17, 15) is 19.9 Å². The summed E-state index contributed by atoms with van der Waals surface area (Å²) in [6.45, 7) is 18.4. The molecule has 0 heterocycles. The molecule has 0 saturated heterocycles. The zero-order chi connectivity index (χ0) is 34.4. The van der Waals surface area contributed by atoms with E-state index in [0.29, 0.717) is 54.2 Å². The van der Waals surface area contributed by atoms with Crippen LogP contribution in [0.15, 0.2) is 30.3 Å². The standard InChI is InChI=1S/C41H62N2O4/c1-26(2)29-16-21-41(36(46)42-24-25-43(8,9)47)23-22-39(6)31(34(29)41)14-15-33-38(5)19-17-30(27-10-12-28(13-11-27)35(44)45)37(3,4)32(38)18-20-40(33,39)7/h10-13,17,26,29,31-34H,14-16,18-25H2,1-9H3,(H,42,46)(H,44,45)/t29-,31?,32-,33+,34+,38-,39+,40+,41-/m0/s1. The van der Waals surface area contributed by atoms with Crippen LogP contribution in [0.2, 0.25) is 0 Å². The molecule has 0 radical (unpaired) electrons. The van der Waals surface area contributed by atoms with Crippen molar-refractivity contribution in [3.63, 3.8) is 0 Å². The number of aromatic carboxylic acids is 1. The molecule has 5 aliphatic rings. The molecule has 47 heavy (non-hydrogen) atoms. The minimum atomic E-state index is -0.878. The van der Waals surface area contributed by atoms with E-state index in [2.05, 4.69) is 59.9 Å². The highest BCUT2D eigenvalue weighted by Crippen LogP contribution is 2.77. The summed E-state index contributed by atoms with van der Waals surface area (Å²) in [7, 11) is 3.31. The SMILES string of the molecule is CC(C)[C@@H]1CC[C@]2(C(=O)NCC[N+](C)(C)[O-])CC[C@]3(C)C(CC[C@@H]4[C@@]5(C)CC=C(c6ccc(C(=O)O)cc6)C(C)(C)[C@@H]5CC[C@]43C)[C@@H]12. The number of benzene rings is 1. The smallest absolute Gasteiger partial charge is 0.335 e. The van der Waals surface area contributed by atoms with Gasteiger partial charge in [-0.2, -0.15) is 0 Å². The van der Waals surface area contributed by atoms with Gasteiger partial charge in [-0.25, -0.2) is 4.79 Å². The number of carboxylic acids is 1. The van der Waals surface area contributed by atoms with Gasteiger partial charge in [0.2, 0.25) is 5.91 Å². The number of carbonyl (C=O) groups excluding carboxylic acids is 1. The summed E-state index contributed by atoms with van der Waals surface area (Å²) in [6.07, 6.45) is 12.7. The van der Waals surface area contributed by atoms with Gasteiger partial charge in [-0.3, -0.25) is 4.79 Å². The zero-order valence-corrected chi connectivity index (χ0v) is 30.7. The van der Waals surface area contributed by atoms with Crippen LogP contribution in [-0.4, -0.2) is 48.8 Å². The number of nitrogens with one attached hydrogen (secondary N) is 1. The number of nitrogens with zero attached hydrogens (tertiary/aromatic N) is 1. The third-order valence-electron chi connectivity index (χ3n) is 15.7. The second-order valence-electron chi connectivity index (χ2n) is 18.8. The van der Waals surface area contributed by atoms with Crippen LogP contribution in [0.25, 0.3) is 5.57 Å². The van der Waals surface area contributed by atoms with Gasteiger partial charge in [0.25, 0.3) is 0 Å². The Hall–Kier alpha value is -2.18. The second kappa shape index (κ2) is 11.4. The zero-order valence-electron chi connectivity index (χ0n) is 30.7. The number of rotatable bonds is 7. The van der Waals surface area contributed by atoms with Crippen molar-refractivity contribution in [3.05, 3.63) is 46.7 Å². The maximum atomic E-state index is 14.3. The molecule has 1 unspecified atom stereocenters. The maximum Gasteiger partial charge on any atom is 0.335 e. The molecule has 6 nitrogen and oxygen atoms in total. The first-order chi connectivity index (χ1) is 21.8. The van der Waals surface area contributed by atoms with E-state index in [-0.39, 0.29) is 37.6 Å². The summed E-state index contributed by atoms with van der Waals surface area (Å²) < 4.78 is -0.379. The minimum Gasteiger partial charge on any atom is -0.633 e. The van der Waals surface area contributed by atoms with Crippen LogP contribution in [0, 0.1) is 67.8 Å². The van der Waals surface area contributed by atoms with E-state index in [1.54, 1.807) is 26.2 Å². The third-order valence-corrected chi connectivity index (χ3v) is 15.7. The maximum absolute atomic E-state index is 14.3. The number of likely N-dealkylation sites (N-methyl/N-ethyl adjacent to an activating group) is 1. The Morgan fingerprint density at radius 3 is 2.21 bits per heavy atom. The van der Waals surface area contributed by atoms with E-state index >= 15 is 0 Å². The second-order valence-corrected chi connectivity index (χ2v) is 18.8. The fourth-order valence-electron chi connectivity index (χ4n) is 13.3. The van der Waals surface area contributed by atoms with Gasteiger partial charge in [0, 0.05) is 0 Å². The minimum absolute atomic E-state index is 0.0117. The summed E-state index contributed by atoms with van der Waals surface area (Å²) in [5, 5.41) is 25.0. The number of quaternary nitrogens is 1. The van der Waals surface area contributed by atoms with E-state index < -0.39 is 5.97 Å². The first-order valence-corrected chi connectivity index (χ1v) is 18.7. The Morgan fingerprint density at radius 1 is 0.915 bits per heavy atom. The largest absolute Gasteiger partial charge is 0.633 e. The van der Waals surface area contributed by atoms with E-state index in [0.717, 1.165) is 37.7 Å². The Kier molecular flexibility index (Phi) is 8.44. The van der Waals surface area contributed by atoms with Crippen molar-refractivity contribution in [2.24, 2.45) is 62.6 Å². The highest BCUT2D eigenvalue weighted by molar-refractivity contribution is 5.88. The summed E-state index contributed by atoms with van der Waals surface area (Å²) in [6, 6.07) is 7.53. The van der Waals surface area contributed by atoms with Crippen molar-refractivity contribution in [1.82, 2.24) is 5.32 Å². The normalized spacial score (nSPS) is 40.8. The molecule has 1 aromatic rings. The van der Waals surface area contributed by atoms with Crippen molar-refractivity contribution in [1.29, 1.82) is 0 Å². The Bertz CT molecular complexity index is 1420. The molecule has 9 atom stereocenters. The Labute approximate surface area is 284 Å². The molecule has 5 aliphatic carbocycles. The van der Waals surface area contributed by atoms with E-state index in [1.165, 1.54) is 31.3 Å². The summed E-state index contributed by atoms with van der Waals surface area (Å²) in [4.78, 5) is 25.8. The van der Waals surface area contributed by atoms with Gasteiger partial charge >= 0.3 is 5.97 Å². The number of hydroxylamine groups is 3. The summed E-state index contributed by atoms with van der Waals surface area (Å²) >= 11 is 0. The van der Waals surface area contributed by atoms with Gasteiger partial charge in [-0.15, -0.1) is 0 Å². The molecule has 4 fully saturated rings. The Balaban J connectivity index is 1.32. The number of amides is 1. The molecule has 4 saturated carbocycles. The number of allylic oxidation sites excluding steroid dienone is 2. The first-order valence-electron chi connectivity index (χ1n) is 18.7. The molecule has 0 spiro atoms. The average Bonchev–Trinajstić information content (AvgIpc) is 3.38. The first kappa shape index (κ1) is 34.7. The fraction of sp³-hybridized carbons (Fsp3) is 0.756. The van der Waals surface area contributed by atoms with Crippen molar-refractivity contribution < 1.29 is 19.3 Å². The molecule has 2 N–H and O–H groups in total. The van der Waals surface area contributed by atoms with Gasteiger partial charge in [-0.1, -0.05) is 66.7 Å². The number of carbonyl (C=O) groups is 2. The molecule has 1 amide bonds. The molecule has 1 aromatic carbocycles. The lowest BCUT2D eigenvalue weighted by Crippen LogP contribution is -2.66. The monoisotopic (exact) mass is 646 g/mol. The van der Waals surface area contributed by atoms with Gasteiger partial charge in [0.05, 0.1) is 38.2 Å². The van der Waals surface area contributed by atoms with Gasteiger partial charge in [-0.05, 0) is 138 Å². The van der Waals surface area contributed by atoms with Crippen molar-refractivity contribution in [3.8, 4) is 0 Å². The van der Waals surface area contributed by atoms with Crippen LogP contribution in [0.4, 0.5) is 0 Å². The lowest BCUT2D eigenvalue weighted by molar-refractivity contribution is -0.838. The number of hydrogen-bond donors (Lipinski definition) is 2. The quantitative estimate of drug-likeness (QED) is 0.229. The van der Waals surface area contributed by atoms with Crippen LogP contribution in [-0.2, 0) is 4.79 Å². The lowest BCUT2D eigenvalue weighted by Gasteiger charge is -2.72. The van der Waals surface area contributed by atoms with Crippen molar-refractivity contribution in [2.75, 3.05) is 27.2 Å². The van der Waals surface area contributed by atoms with E-state index in [4.69, 9.17) is 0 Å². The van der Waals surface area contributed by atoms with Gasteiger partial charge in [0.15, 0.2) is 0 Å². The fourth-order valence-corrected chi connectivity index (χ4v) is 13.3. The molecule has 0 aromatic heterocycles. The molecule has 260 valence electrons.